The molecule has 4 rings (SSSR count). The minimum atomic E-state index is -0.103. The van der Waals surface area contributed by atoms with E-state index >= 15 is 0 Å². The third-order valence-electron chi connectivity index (χ3n) is 4.28. The maximum Gasteiger partial charge on any atom is 0.276 e. The molecule has 0 saturated heterocycles. The Hall–Kier alpha value is -2.27. The fourth-order valence-electron chi connectivity index (χ4n) is 2.94. The monoisotopic (exact) mass is 426 g/mol. The van der Waals surface area contributed by atoms with Crippen molar-refractivity contribution in [2.45, 2.75) is 16.9 Å². The quantitative estimate of drug-likeness (QED) is 0.316. The summed E-state index contributed by atoms with van der Waals surface area (Å²) < 4.78 is 6.01. The first kappa shape index (κ1) is 19.1. The number of benzene rings is 3. The van der Waals surface area contributed by atoms with Crippen LogP contribution in [0.3, 0.4) is 0 Å². The largest absolute Gasteiger partial charge is 0.415 e. The Kier molecular flexibility index (Phi) is 6.01. The van der Waals surface area contributed by atoms with Gasteiger partial charge >= 0.3 is 0 Å². The van der Waals surface area contributed by atoms with Crippen molar-refractivity contribution in [2.75, 3.05) is 0 Å². The van der Waals surface area contributed by atoms with E-state index in [2.05, 4.69) is 34.5 Å². The molecule has 6 heteroatoms. The Morgan fingerprint density at radius 3 is 2.04 bits per heavy atom. The molecular formula is C22H16Cl2N2OS. The number of halogens is 2. The van der Waals surface area contributed by atoms with Gasteiger partial charge in [0.15, 0.2) is 0 Å². The number of nitrogens with zero attached hydrogens (tertiary/aromatic N) is 2. The van der Waals surface area contributed by atoms with Gasteiger partial charge in [0.25, 0.3) is 5.22 Å². The van der Waals surface area contributed by atoms with Gasteiger partial charge in [-0.05, 0) is 28.8 Å². The van der Waals surface area contributed by atoms with E-state index in [0.717, 1.165) is 16.7 Å². The summed E-state index contributed by atoms with van der Waals surface area (Å²) >= 11 is 13.5. The molecule has 0 aliphatic carbocycles. The van der Waals surface area contributed by atoms with Crippen molar-refractivity contribution < 1.29 is 4.42 Å². The van der Waals surface area contributed by atoms with E-state index in [-0.39, 0.29) is 5.92 Å². The van der Waals surface area contributed by atoms with E-state index in [1.807, 2.05) is 48.5 Å². The van der Waals surface area contributed by atoms with E-state index in [0.29, 0.717) is 26.9 Å². The molecule has 0 aliphatic rings. The van der Waals surface area contributed by atoms with Crippen molar-refractivity contribution in [3.05, 3.63) is 111 Å². The van der Waals surface area contributed by atoms with Crippen LogP contribution in [0.25, 0.3) is 0 Å². The number of hydrogen-bond donors (Lipinski definition) is 0. The molecule has 3 aromatic carbocycles. The van der Waals surface area contributed by atoms with Crippen LogP contribution in [0.15, 0.2) is 88.5 Å². The molecule has 0 atom stereocenters. The molecule has 0 N–H and O–H groups in total. The summed E-state index contributed by atoms with van der Waals surface area (Å²) in [4.78, 5) is 0. The molecular weight excluding hydrogens is 411 g/mol. The summed E-state index contributed by atoms with van der Waals surface area (Å²) in [6, 6.07) is 25.9. The number of rotatable bonds is 6. The molecule has 0 spiro atoms. The SMILES string of the molecule is Clc1ccc(CSc2nnc(C(c3ccccc3)c3ccccc3)o2)cc1Cl. The smallest absolute Gasteiger partial charge is 0.276 e. The topological polar surface area (TPSA) is 38.9 Å². The van der Waals surface area contributed by atoms with Gasteiger partial charge in [-0.2, -0.15) is 0 Å². The van der Waals surface area contributed by atoms with Gasteiger partial charge < -0.3 is 4.42 Å². The van der Waals surface area contributed by atoms with Crippen molar-refractivity contribution in [1.82, 2.24) is 10.2 Å². The third kappa shape index (κ3) is 4.41. The van der Waals surface area contributed by atoms with E-state index in [1.54, 1.807) is 6.07 Å². The van der Waals surface area contributed by atoms with Crippen LogP contribution in [-0.2, 0) is 5.75 Å². The second-order valence-electron chi connectivity index (χ2n) is 6.20. The Morgan fingerprint density at radius 1 is 0.786 bits per heavy atom. The highest BCUT2D eigenvalue weighted by molar-refractivity contribution is 7.98. The van der Waals surface area contributed by atoms with Gasteiger partial charge in [-0.15, -0.1) is 10.2 Å². The average molecular weight is 427 g/mol. The van der Waals surface area contributed by atoms with Gasteiger partial charge in [0.05, 0.1) is 16.0 Å². The zero-order valence-electron chi connectivity index (χ0n) is 14.8. The minimum absolute atomic E-state index is 0.103. The lowest BCUT2D eigenvalue weighted by Crippen LogP contribution is -2.03. The molecule has 4 aromatic rings. The standard InChI is InChI=1S/C22H16Cl2N2OS/c23-18-12-11-15(13-19(18)24)14-28-22-26-25-21(27-22)20(16-7-3-1-4-8-16)17-9-5-2-6-10-17/h1-13,20H,14H2. The summed E-state index contributed by atoms with van der Waals surface area (Å²) in [5, 5.41) is 10.2. The first-order valence-corrected chi connectivity index (χ1v) is 10.4. The van der Waals surface area contributed by atoms with Crippen molar-refractivity contribution in [3.8, 4) is 0 Å². The lowest BCUT2D eigenvalue weighted by atomic mass is 9.91. The molecule has 0 bridgehead atoms. The lowest BCUT2D eigenvalue weighted by Gasteiger charge is -2.13. The van der Waals surface area contributed by atoms with Crippen LogP contribution in [0.1, 0.15) is 28.5 Å². The fourth-order valence-corrected chi connectivity index (χ4v) is 3.97. The second kappa shape index (κ2) is 8.82. The molecule has 0 fully saturated rings. The second-order valence-corrected chi connectivity index (χ2v) is 7.94. The predicted molar refractivity (Wildman–Crippen MR) is 114 cm³/mol. The van der Waals surface area contributed by atoms with Gasteiger partial charge in [0.1, 0.15) is 0 Å². The Morgan fingerprint density at radius 2 is 1.43 bits per heavy atom. The summed E-state index contributed by atoms with van der Waals surface area (Å²) in [6.07, 6.45) is 0. The molecule has 3 nitrogen and oxygen atoms in total. The molecule has 1 aromatic heterocycles. The third-order valence-corrected chi connectivity index (χ3v) is 5.91. The lowest BCUT2D eigenvalue weighted by molar-refractivity contribution is 0.409. The van der Waals surface area contributed by atoms with Crippen LogP contribution in [-0.4, -0.2) is 10.2 Å². The Bertz CT molecular complexity index is 1020. The Balaban J connectivity index is 1.57. The summed E-state index contributed by atoms with van der Waals surface area (Å²) in [6.45, 7) is 0. The minimum Gasteiger partial charge on any atom is -0.415 e. The molecule has 1 heterocycles. The number of thioether (sulfide) groups is 1. The summed E-state index contributed by atoms with van der Waals surface area (Å²) in [7, 11) is 0. The molecule has 140 valence electrons. The highest BCUT2D eigenvalue weighted by Crippen LogP contribution is 2.33. The zero-order valence-corrected chi connectivity index (χ0v) is 17.1. The number of aromatic nitrogens is 2. The van der Waals surface area contributed by atoms with E-state index < -0.39 is 0 Å². The maximum atomic E-state index is 6.08. The molecule has 0 aliphatic heterocycles. The first-order valence-electron chi connectivity index (χ1n) is 8.71. The van der Waals surface area contributed by atoms with Crippen LogP contribution < -0.4 is 0 Å². The van der Waals surface area contributed by atoms with Gasteiger partial charge in [0, 0.05) is 5.75 Å². The summed E-state index contributed by atoms with van der Waals surface area (Å²) in [5.74, 6) is 1.14. The van der Waals surface area contributed by atoms with Crippen LogP contribution in [0.4, 0.5) is 0 Å². The molecule has 0 unspecified atom stereocenters. The molecule has 0 radical (unpaired) electrons. The molecule has 28 heavy (non-hydrogen) atoms. The Labute approximate surface area is 177 Å². The van der Waals surface area contributed by atoms with Gasteiger partial charge in [0.2, 0.25) is 5.89 Å². The van der Waals surface area contributed by atoms with Gasteiger partial charge in [-0.1, -0.05) is 102 Å². The van der Waals surface area contributed by atoms with Gasteiger partial charge in [-0.3, -0.25) is 0 Å². The molecule has 0 amide bonds. The van der Waals surface area contributed by atoms with Crippen molar-refractivity contribution in [3.63, 3.8) is 0 Å². The van der Waals surface area contributed by atoms with Crippen molar-refractivity contribution in [1.29, 1.82) is 0 Å². The molecule has 0 saturated carbocycles. The van der Waals surface area contributed by atoms with Crippen LogP contribution in [0, 0.1) is 0 Å². The van der Waals surface area contributed by atoms with Gasteiger partial charge in [-0.25, -0.2) is 0 Å². The van der Waals surface area contributed by atoms with Crippen molar-refractivity contribution >= 4 is 35.0 Å². The fraction of sp³-hybridized carbons (Fsp3) is 0.0909. The van der Waals surface area contributed by atoms with Crippen LogP contribution in [0.5, 0.6) is 0 Å². The van der Waals surface area contributed by atoms with E-state index in [1.165, 1.54) is 11.8 Å². The average Bonchev–Trinajstić information content (AvgIpc) is 3.19. The predicted octanol–water partition coefficient (Wildman–Crippen LogP) is 6.85. The highest BCUT2D eigenvalue weighted by atomic mass is 35.5. The van der Waals surface area contributed by atoms with Crippen LogP contribution >= 0.6 is 35.0 Å². The number of hydrogen-bond acceptors (Lipinski definition) is 4. The van der Waals surface area contributed by atoms with E-state index in [4.69, 9.17) is 27.6 Å². The summed E-state index contributed by atoms with van der Waals surface area (Å²) in [5.41, 5.74) is 3.26. The highest BCUT2D eigenvalue weighted by Gasteiger charge is 2.22. The zero-order chi connectivity index (χ0) is 19.3. The van der Waals surface area contributed by atoms with Crippen LogP contribution in [0.2, 0.25) is 10.0 Å². The first-order chi connectivity index (χ1) is 13.7. The van der Waals surface area contributed by atoms with E-state index in [9.17, 15) is 0 Å². The normalized spacial score (nSPS) is 11.1. The maximum absolute atomic E-state index is 6.08. The van der Waals surface area contributed by atoms with Crippen molar-refractivity contribution in [2.24, 2.45) is 0 Å².